The van der Waals surface area contributed by atoms with Gasteiger partial charge in [-0.25, -0.2) is 0 Å². The van der Waals surface area contributed by atoms with Crippen LogP contribution < -0.4 is 10.1 Å². The van der Waals surface area contributed by atoms with Crippen LogP contribution in [0, 0.1) is 10.1 Å². The van der Waals surface area contributed by atoms with Crippen LogP contribution in [0.25, 0.3) is 0 Å². The number of hydrogen-bond acceptors (Lipinski definition) is 5. The molecule has 114 valence electrons. The van der Waals surface area contributed by atoms with Gasteiger partial charge in [-0.05, 0) is 25.0 Å². The second kappa shape index (κ2) is 8.68. The summed E-state index contributed by atoms with van der Waals surface area (Å²) in [6.07, 6.45) is 1.83. The monoisotopic (exact) mass is 294 g/mol. The van der Waals surface area contributed by atoms with E-state index in [9.17, 15) is 19.7 Å². The van der Waals surface area contributed by atoms with Gasteiger partial charge in [-0.3, -0.25) is 19.7 Å². The number of benzene rings is 1. The zero-order valence-electron chi connectivity index (χ0n) is 11.8. The van der Waals surface area contributed by atoms with Crippen molar-refractivity contribution in [2.75, 3.05) is 13.1 Å². The van der Waals surface area contributed by atoms with Crippen LogP contribution in [0.1, 0.15) is 36.5 Å². The van der Waals surface area contributed by atoms with E-state index in [0.29, 0.717) is 25.8 Å². The Morgan fingerprint density at radius 1 is 1.24 bits per heavy atom. The van der Waals surface area contributed by atoms with E-state index in [1.54, 1.807) is 24.3 Å². The zero-order chi connectivity index (χ0) is 15.7. The predicted molar refractivity (Wildman–Crippen MR) is 75.8 cm³/mol. The summed E-state index contributed by atoms with van der Waals surface area (Å²) < 4.78 is 4.96. The molecule has 0 aliphatic carbocycles. The largest absolute Gasteiger partial charge is 0.426 e. The van der Waals surface area contributed by atoms with Gasteiger partial charge in [0.25, 0.3) is 5.91 Å². The van der Waals surface area contributed by atoms with E-state index in [0.717, 1.165) is 0 Å². The van der Waals surface area contributed by atoms with Crippen LogP contribution in [-0.2, 0) is 4.79 Å². The van der Waals surface area contributed by atoms with Gasteiger partial charge < -0.3 is 10.1 Å². The Kier molecular flexibility index (Phi) is 6.86. The van der Waals surface area contributed by atoms with Crippen LogP contribution >= 0.6 is 0 Å². The Bertz CT molecular complexity index is 516. The molecule has 0 atom stereocenters. The highest BCUT2D eigenvalue weighted by atomic mass is 16.6. The van der Waals surface area contributed by atoms with Gasteiger partial charge in [0.1, 0.15) is 5.75 Å². The number of ether oxygens (including phenoxy) is 1. The number of amides is 1. The van der Waals surface area contributed by atoms with Gasteiger partial charge in [0.05, 0.1) is 5.56 Å². The third-order valence-corrected chi connectivity index (χ3v) is 2.69. The van der Waals surface area contributed by atoms with Gasteiger partial charge >= 0.3 is 5.97 Å². The molecule has 1 amide bonds. The van der Waals surface area contributed by atoms with E-state index in [1.165, 1.54) is 6.92 Å². The molecule has 0 bridgehead atoms. The van der Waals surface area contributed by atoms with Crippen molar-refractivity contribution in [2.45, 2.75) is 26.2 Å². The maximum absolute atomic E-state index is 12.0. The number of carbonyl (C=O) groups is 2. The molecule has 0 spiro atoms. The van der Waals surface area contributed by atoms with Crippen molar-refractivity contribution in [3.63, 3.8) is 0 Å². The normalized spacial score (nSPS) is 9.95. The minimum absolute atomic E-state index is 0.0523. The number of rotatable bonds is 8. The van der Waals surface area contributed by atoms with Crippen molar-refractivity contribution < 1.29 is 19.2 Å². The molecule has 1 N–H and O–H groups in total. The van der Waals surface area contributed by atoms with Crippen LogP contribution in [0.15, 0.2) is 24.3 Å². The zero-order valence-corrected chi connectivity index (χ0v) is 11.8. The van der Waals surface area contributed by atoms with E-state index in [-0.39, 0.29) is 28.7 Å². The summed E-state index contributed by atoms with van der Waals surface area (Å²) >= 11 is 0. The topological polar surface area (TPSA) is 98.5 Å². The second-order valence-corrected chi connectivity index (χ2v) is 4.46. The van der Waals surface area contributed by atoms with Gasteiger partial charge in [0.2, 0.25) is 6.54 Å². The third-order valence-electron chi connectivity index (χ3n) is 2.69. The van der Waals surface area contributed by atoms with Crippen molar-refractivity contribution in [3.8, 4) is 5.75 Å². The molecule has 21 heavy (non-hydrogen) atoms. The first-order valence-electron chi connectivity index (χ1n) is 6.68. The number of nitrogens with zero attached hydrogens (tertiary/aromatic N) is 1. The van der Waals surface area contributed by atoms with Crippen molar-refractivity contribution in [3.05, 3.63) is 39.9 Å². The summed E-state index contributed by atoms with van der Waals surface area (Å²) in [6, 6.07) is 6.47. The van der Waals surface area contributed by atoms with Crippen LogP contribution in [0.3, 0.4) is 0 Å². The van der Waals surface area contributed by atoms with Crippen LogP contribution in [0.4, 0.5) is 0 Å². The molecule has 1 aromatic carbocycles. The van der Waals surface area contributed by atoms with E-state index in [2.05, 4.69) is 5.32 Å². The van der Waals surface area contributed by atoms with Crippen LogP contribution in [0.2, 0.25) is 0 Å². The Morgan fingerprint density at radius 3 is 2.62 bits per heavy atom. The van der Waals surface area contributed by atoms with Gasteiger partial charge in [-0.15, -0.1) is 0 Å². The molecule has 1 aromatic rings. The predicted octanol–water partition coefficient (Wildman–Crippen LogP) is 1.79. The quantitative estimate of drug-likeness (QED) is 0.259. The first-order chi connectivity index (χ1) is 10.0. The van der Waals surface area contributed by atoms with Gasteiger partial charge in [0, 0.05) is 24.8 Å². The highest BCUT2D eigenvalue weighted by molar-refractivity contribution is 5.97. The molecule has 0 aliphatic rings. The van der Waals surface area contributed by atoms with Gasteiger partial charge in [0.15, 0.2) is 0 Å². The first-order valence-corrected chi connectivity index (χ1v) is 6.68. The molecule has 1 rings (SSSR count). The molecular weight excluding hydrogens is 276 g/mol. The Balaban J connectivity index is 2.41. The van der Waals surface area contributed by atoms with Crippen molar-refractivity contribution in [1.82, 2.24) is 5.32 Å². The number of unbranched alkanes of at least 4 members (excludes halogenated alkanes) is 2. The maximum atomic E-state index is 12.0. The Labute approximate surface area is 122 Å². The second-order valence-electron chi connectivity index (χ2n) is 4.46. The van der Waals surface area contributed by atoms with E-state index in [1.807, 2.05) is 0 Å². The fourth-order valence-corrected chi connectivity index (χ4v) is 1.74. The number of carbonyl (C=O) groups excluding carboxylic acids is 2. The van der Waals surface area contributed by atoms with Gasteiger partial charge in [-0.1, -0.05) is 12.1 Å². The van der Waals surface area contributed by atoms with E-state index in [4.69, 9.17) is 4.74 Å². The lowest BCUT2D eigenvalue weighted by atomic mass is 10.2. The lowest BCUT2D eigenvalue weighted by Gasteiger charge is -2.09. The molecular formula is C14H18N2O5. The minimum atomic E-state index is -0.491. The summed E-state index contributed by atoms with van der Waals surface area (Å²) in [7, 11) is 0. The molecule has 0 heterocycles. The number of nitro groups is 1. The fraction of sp³-hybridized carbons (Fsp3) is 0.429. The summed E-state index contributed by atoms with van der Waals surface area (Å²) in [4.78, 5) is 32.7. The molecule has 0 aromatic heterocycles. The van der Waals surface area contributed by atoms with E-state index < -0.39 is 5.97 Å². The SMILES string of the molecule is CC(=O)Oc1ccccc1C(=O)NCCCCC[N+](=O)[O-]. The Hall–Kier alpha value is -2.44. The van der Waals surface area contributed by atoms with Crippen LogP contribution in [-0.4, -0.2) is 29.9 Å². The average molecular weight is 294 g/mol. The molecule has 7 nitrogen and oxygen atoms in total. The molecule has 0 saturated carbocycles. The minimum Gasteiger partial charge on any atom is -0.426 e. The lowest BCUT2D eigenvalue weighted by Crippen LogP contribution is -2.25. The summed E-state index contributed by atoms with van der Waals surface area (Å²) in [5, 5.41) is 12.8. The maximum Gasteiger partial charge on any atom is 0.308 e. The molecule has 0 radical (unpaired) electrons. The molecule has 0 aliphatic heterocycles. The number of hydrogen-bond donors (Lipinski definition) is 1. The van der Waals surface area contributed by atoms with Crippen molar-refractivity contribution >= 4 is 11.9 Å². The smallest absolute Gasteiger partial charge is 0.308 e. The highest BCUT2D eigenvalue weighted by Gasteiger charge is 2.12. The summed E-state index contributed by atoms with van der Waals surface area (Å²) in [5.74, 6) is -0.605. The fourth-order valence-electron chi connectivity index (χ4n) is 1.74. The number of esters is 1. The highest BCUT2D eigenvalue weighted by Crippen LogP contribution is 2.17. The summed E-state index contributed by atoms with van der Waals surface area (Å²) in [5.41, 5.74) is 0.290. The number of nitrogens with one attached hydrogen (secondary N) is 1. The van der Waals surface area contributed by atoms with Gasteiger partial charge in [-0.2, -0.15) is 0 Å². The average Bonchev–Trinajstić information content (AvgIpc) is 2.42. The lowest BCUT2D eigenvalue weighted by molar-refractivity contribution is -0.480. The molecule has 0 unspecified atom stereocenters. The van der Waals surface area contributed by atoms with E-state index >= 15 is 0 Å². The molecule has 0 fully saturated rings. The summed E-state index contributed by atoms with van der Waals surface area (Å²) in [6.45, 7) is 1.64. The first kappa shape index (κ1) is 16.6. The van der Waals surface area contributed by atoms with Crippen molar-refractivity contribution in [2.24, 2.45) is 0 Å². The van der Waals surface area contributed by atoms with Crippen LogP contribution in [0.5, 0.6) is 5.75 Å². The van der Waals surface area contributed by atoms with Crippen molar-refractivity contribution in [1.29, 1.82) is 0 Å². The third kappa shape index (κ3) is 6.51. The number of para-hydroxylation sites is 1. The Morgan fingerprint density at radius 2 is 1.95 bits per heavy atom. The molecule has 7 heteroatoms. The molecule has 0 saturated heterocycles. The standard InChI is InChI=1S/C14H18N2O5/c1-11(17)21-13-8-4-3-7-12(13)14(18)15-9-5-2-6-10-16(19)20/h3-4,7-8H,2,5-6,9-10H2,1H3,(H,15,18).